The molecule has 1 aromatic rings. The van der Waals surface area contributed by atoms with Gasteiger partial charge in [-0.05, 0) is 17.9 Å². The number of hydrogen-bond donors (Lipinski definition) is 3. The minimum Gasteiger partial charge on any atom is -0.379 e. The molecule has 0 aromatic heterocycles. The molecule has 1 atom stereocenters. The van der Waals surface area contributed by atoms with Gasteiger partial charge >= 0.3 is 0 Å². The number of rotatable bonds is 9. The highest BCUT2D eigenvalue weighted by atomic mass is 16.5. The van der Waals surface area contributed by atoms with Gasteiger partial charge in [0.2, 0.25) is 5.91 Å². The molecule has 0 aliphatic carbocycles. The molecule has 1 amide bonds. The second-order valence-corrected chi connectivity index (χ2v) is 7.50. The number of ether oxygens (including phenoxy) is 1. The number of hydrogen-bond acceptors (Lipinski definition) is 4. The Morgan fingerprint density at radius 2 is 1.86 bits per heavy atom. The van der Waals surface area contributed by atoms with Crippen LogP contribution in [0.3, 0.4) is 0 Å². The Hall–Kier alpha value is -2.12. The minimum atomic E-state index is -0.0567. The van der Waals surface area contributed by atoms with Gasteiger partial charge < -0.3 is 20.7 Å². The molecule has 1 aliphatic rings. The van der Waals surface area contributed by atoms with E-state index in [0.717, 1.165) is 44.8 Å². The Kier molecular flexibility index (Phi) is 9.79. The molecule has 7 heteroatoms. The Bertz CT molecular complexity index is 600. The molecule has 1 heterocycles. The third-order valence-corrected chi connectivity index (χ3v) is 4.78. The number of aliphatic imine (C=N–C) groups is 1. The second kappa shape index (κ2) is 12.4. The van der Waals surface area contributed by atoms with Crippen molar-refractivity contribution >= 4 is 11.9 Å². The molecule has 2 rings (SSSR count). The fourth-order valence-electron chi connectivity index (χ4n) is 3.31. The van der Waals surface area contributed by atoms with E-state index in [9.17, 15) is 4.79 Å². The number of carbonyl (C=O) groups is 1. The summed E-state index contributed by atoms with van der Waals surface area (Å²) >= 11 is 0. The van der Waals surface area contributed by atoms with Gasteiger partial charge in [0, 0.05) is 39.3 Å². The normalized spacial score (nSPS) is 16.6. The maximum absolute atomic E-state index is 12.1. The minimum absolute atomic E-state index is 0.0567. The SMILES string of the molecule is CN=C(NCC(=O)NCc1ccccc1)NCC(CC(C)C)N1CCOCC1. The summed E-state index contributed by atoms with van der Waals surface area (Å²) in [5.41, 5.74) is 1.08. The van der Waals surface area contributed by atoms with Crippen LogP contribution in [0.25, 0.3) is 0 Å². The van der Waals surface area contributed by atoms with Crippen molar-refractivity contribution in [1.29, 1.82) is 0 Å². The predicted octanol–water partition coefficient (Wildman–Crippen LogP) is 1.21. The van der Waals surface area contributed by atoms with Crippen LogP contribution in [-0.2, 0) is 16.1 Å². The standard InChI is InChI=1S/C21H35N5O2/c1-17(2)13-19(26-9-11-28-12-10-26)15-24-21(22-3)25-16-20(27)23-14-18-7-5-4-6-8-18/h4-8,17,19H,9-16H2,1-3H3,(H,23,27)(H2,22,24,25). The van der Waals surface area contributed by atoms with Gasteiger partial charge in [-0.25, -0.2) is 0 Å². The zero-order chi connectivity index (χ0) is 20.2. The molecule has 1 fully saturated rings. The van der Waals surface area contributed by atoms with E-state index in [4.69, 9.17) is 4.74 Å². The summed E-state index contributed by atoms with van der Waals surface area (Å²) in [7, 11) is 1.73. The summed E-state index contributed by atoms with van der Waals surface area (Å²) in [5, 5.41) is 9.39. The number of carbonyl (C=O) groups excluding carboxylic acids is 1. The fourth-order valence-corrected chi connectivity index (χ4v) is 3.31. The lowest BCUT2D eigenvalue weighted by molar-refractivity contribution is -0.120. The van der Waals surface area contributed by atoms with Crippen molar-refractivity contribution < 1.29 is 9.53 Å². The number of morpholine rings is 1. The molecule has 3 N–H and O–H groups in total. The number of guanidine groups is 1. The highest BCUT2D eigenvalue weighted by Crippen LogP contribution is 2.12. The summed E-state index contributed by atoms with van der Waals surface area (Å²) in [4.78, 5) is 18.8. The molecule has 1 aliphatic heterocycles. The Morgan fingerprint density at radius 3 is 2.50 bits per heavy atom. The van der Waals surface area contributed by atoms with E-state index in [1.807, 2.05) is 30.3 Å². The molecule has 7 nitrogen and oxygen atoms in total. The number of amides is 1. The molecular weight excluding hydrogens is 354 g/mol. The lowest BCUT2D eigenvalue weighted by atomic mass is 10.0. The lowest BCUT2D eigenvalue weighted by Gasteiger charge is -2.35. The van der Waals surface area contributed by atoms with Crippen LogP contribution in [0.15, 0.2) is 35.3 Å². The Balaban J connectivity index is 1.74. The van der Waals surface area contributed by atoms with Gasteiger partial charge in [0.1, 0.15) is 0 Å². The molecule has 1 unspecified atom stereocenters. The maximum atomic E-state index is 12.1. The summed E-state index contributed by atoms with van der Waals surface area (Å²) in [6.45, 7) is 9.53. The summed E-state index contributed by atoms with van der Waals surface area (Å²) in [6.07, 6.45) is 1.11. The van der Waals surface area contributed by atoms with Crippen molar-refractivity contribution in [3.63, 3.8) is 0 Å². The van der Waals surface area contributed by atoms with Crippen LogP contribution in [0, 0.1) is 5.92 Å². The molecule has 0 saturated carbocycles. The number of nitrogens with one attached hydrogen (secondary N) is 3. The van der Waals surface area contributed by atoms with Gasteiger partial charge in [-0.1, -0.05) is 44.2 Å². The first-order valence-electron chi connectivity index (χ1n) is 10.2. The molecule has 28 heavy (non-hydrogen) atoms. The predicted molar refractivity (Wildman–Crippen MR) is 113 cm³/mol. The van der Waals surface area contributed by atoms with Crippen molar-refractivity contribution in [3.8, 4) is 0 Å². The van der Waals surface area contributed by atoms with Crippen LogP contribution < -0.4 is 16.0 Å². The van der Waals surface area contributed by atoms with Crippen LogP contribution in [0.2, 0.25) is 0 Å². The molecule has 0 radical (unpaired) electrons. The Labute approximate surface area is 168 Å². The third-order valence-electron chi connectivity index (χ3n) is 4.78. The van der Waals surface area contributed by atoms with E-state index in [2.05, 4.69) is 39.7 Å². The number of nitrogens with zero attached hydrogens (tertiary/aromatic N) is 2. The van der Waals surface area contributed by atoms with E-state index in [1.54, 1.807) is 7.05 Å². The molecule has 0 bridgehead atoms. The van der Waals surface area contributed by atoms with Gasteiger partial charge in [0.15, 0.2) is 5.96 Å². The van der Waals surface area contributed by atoms with Crippen LogP contribution >= 0.6 is 0 Å². The third kappa shape index (κ3) is 8.27. The summed E-state index contributed by atoms with van der Waals surface area (Å²) in [6, 6.07) is 10.3. The van der Waals surface area contributed by atoms with Crippen LogP contribution in [-0.4, -0.2) is 69.2 Å². The highest BCUT2D eigenvalue weighted by molar-refractivity contribution is 5.86. The quantitative estimate of drug-likeness (QED) is 0.437. The molecule has 1 saturated heterocycles. The van der Waals surface area contributed by atoms with E-state index in [1.165, 1.54) is 0 Å². The lowest BCUT2D eigenvalue weighted by Crippen LogP contribution is -2.51. The van der Waals surface area contributed by atoms with Crippen molar-refractivity contribution in [1.82, 2.24) is 20.9 Å². The van der Waals surface area contributed by atoms with Gasteiger partial charge in [-0.3, -0.25) is 14.7 Å². The van der Waals surface area contributed by atoms with Gasteiger partial charge in [-0.2, -0.15) is 0 Å². The van der Waals surface area contributed by atoms with Crippen molar-refractivity contribution in [3.05, 3.63) is 35.9 Å². The molecule has 156 valence electrons. The highest BCUT2D eigenvalue weighted by Gasteiger charge is 2.22. The van der Waals surface area contributed by atoms with E-state index in [0.29, 0.717) is 24.5 Å². The van der Waals surface area contributed by atoms with E-state index >= 15 is 0 Å². The first-order chi connectivity index (χ1) is 13.6. The summed E-state index contributed by atoms with van der Waals surface area (Å²) < 4.78 is 5.48. The molecule has 0 spiro atoms. The largest absolute Gasteiger partial charge is 0.379 e. The number of benzene rings is 1. The van der Waals surface area contributed by atoms with Crippen LogP contribution in [0.1, 0.15) is 25.8 Å². The topological polar surface area (TPSA) is 78.0 Å². The van der Waals surface area contributed by atoms with Crippen LogP contribution in [0.4, 0.5) is 0 Å². The molecule has 1 aromatic carbocycles. The average molecular weight is 390 g/mol. The first-order valence-corrected chi connectivity index (χ1v) is 10.2. The van der Waals surface area contributed by atoms with Gasteiger partial charge in [-0.15, -0.1) is 0 Å². The second-order valence-electron chi connectivity index (χ2n) is 7.50. The summed E-state index contributed by atoms with van der Waals surface area (Å²) in [5.74, 6) is 1.21. The van der Waals surface area contributed by atoms with Gasteiger partial charge in [0.25, 0.3) is 0 Å². The first kappa shape index (κ1) is 22.2. The smallest absolute Gasteiger partial charge is 0.239 e. The zero-order valence-electron chi connectivity index (χ0n) is 17.4. The van der Waals surface area contributed by atoms with Crippen molar-refractivity contribution in [2.75, 3.05) is 46.4 Å². The van der Waals surface area contributed by atoms with E-state index < -0.39 is 0 Å². The monoisotopic (exact) mass is 389 g/mol. The zero-order valence-corrected chi connectivity index (χ0v) is 17.4. The van der Waals surface area contributed by atoms with Crippen molar-refractivity contribution in [2.24, 2.45) is 10.9 Å². The Morgan fingerprint density at radius 1 is 1.14 bits per heavy atom. The van der Waals surface area contributed by atoms with Gasteiger partial charge in [0.05, 0.1) is 19.8 Å². The van der Waals surface area contributed by atoms with E-state index in [-0.39, 0.29) is 12.5 Å². The maximum Gasteiger partial charge on any atom is 0.239 e. The molecular formula is C21H35N5O2. The fraction of sp³-hybridized carbons (Fsp3) is 0.619. The van der Waals surface area contributed by atoms with Crippen LogP contribution in [0.5, 0.6) is 0 Å². The van der Waals surface area contributed by atoms with Crippen molar-refractivity contribution in [2.45, 2.75) is 32.9 Å². The average Bonchev–Trinajstić information content (AvgIpc) is 2.72.